The van der Waals surface area contributed by atoms with E-state index in [1.165, 1.54) is 12.1 Å². The van der Waals surface area contributed by atoms with Gasteiger partial charge in [0, 0.05) is 17.8 Å². The topological polar surface area (TPSA) is 46.6 Å². The lowest BCUT2D eigenvalue weighted by atomic mass is 10.0. The van der Waals surface area contributed by atoms with Crippen LogP contribution in [0.4, 0.5) is 4.39 Å². The van der Waals surface area contributed by atoms with Crippen LogP contribution in [0.5, 0.6) is 0 Å². The van der Waals surface area contributed by atoms with Crippen molar-refractivity contribution < 1.29 is 18.7 Å². The molecule has 2 aromatic carbocycles. The third-order valence-electron chi connectivity index (χ3n) is 4.66. The van der Waals surface area contributed by atoms with E-state index in [0.717, 1.165) is 5.56 Å². The molecule has 1 aliphatic rings. The van der Waals surface area contributed by atoms with E-state index >= 15 is 0 Å². The molecule has 1 amide bonds. The molecule has 0 spiro atoms. The Balaban J connectivity index is 1.96. The van der Waals surface area contributed by atoms with Gasteiger partial charge in [-0.25, -0.2) is 9.18 Å². The molecule has 0 radical (unpaired) electrons. The summed E-state index contributed by atoms with van der Waals surface area (Å²) in [5.41, 5.74) is 2.23. The van der Waals surface area contributed by atoms with E-state index in [0.29, 0.717) is 18.7 Å². The lowest BCUT2D eigenvalue weighted by molar-refractivity contribution is -0.138. The average molecular weight is 379 g/mol. The summed E-state index contributed by atoms with van der Waals surface area (Å²) in [4.78, 5) is 27.1. The standard InChI is InChI=1S/C23H22FNO3/c1-3-28-23(27)21-16(2)25(14-13-17-9-5-4-6-10-17)22(26)19(21)15-18-11-7-8-12-20(18)24/h4-12,15H,3,13-14H2,1-2H3/b19-15-. The molecule has 3 rings (SSSR count). The molecule has 28 heavy (non-hydrogen) atoms. The van der Waals surface area contributed by atoms with Gasteiger partial charge in [0.15, 0.2) is 0 Å². The van der Waals surface area contributed by atoms with E-state index in [4.69, 9.17) is 4.74 Å². The van der Waals surface area contributed by atoms with E-state index < -0.39 is 11.8 Å². The van der Waals surface area contributed by atoms with Crippen LogP contribution >= 0.6 is 0 Å². The number of rotatable bonds is 6. The molecule has 4 nitrogen and oxygen atoms in total. The summed E-state index contributed by atoms with van der Waals surface area (Å²) in [6, 6.07) is 15.9. The van der Waals surface area contributed by atoms with E-state index in [1.54, 1.807) is 36.9 Å². The molecular formula is C23H22FNO3. The van der Waals surface area contributed by atoms with Crippen molar-refractivity contribution in [3.63, 3.8) is 0 Å². The largest absolute Gasteiger partial charge is 0.462 e. The second-order valence-electron chi connectivity index (χ2n) is 6.45. The van der Waals surface area contributed by atoms with Crippen molar-refractivity contribution in [1.82, 2.24) is 4.90 Å². The van der Waals surface area contributed by atoms with E-state index in [1.807, 2.05) is 30.3 Å². The number of benzene rings is 2. The molecule has 0 aliphatic carbocycles. The predicted molar refractivity (Wildman–Crippen MR) is 106 cm³/mol. The number of ether oxygens (including phenoxy) is 1. The minimum atomic E-state index is -0.571. The van der Waals surface area contributed by atoms with Crippen LogP contribution < -0.4 is 0 Å². The number of carbonyl (C=O) groups excluding carboxylic acids is 2. The number of carbonyl (C=O) groups is 2. The lowest BCUT2D eigenvalue weighted by Crippen LogP contribution is -2.27. The Kier molecular flexibility index (Phi) is 6.04. The second kappa shape index (κ2) is 8.65. The molecule has 1 aliphatic heterocycles. The smallest absolute Gasteiger partial charge is 0.340 e. The molecule has 0 saturated carbocycles. The predicted octanol–water partition coefficient (Wildman–Crippen LogP) is 4.13. The summed E-state index contributed by atoms with van der Waals surface area (Å²) in [6.07, 6.45) is 2.07. The third-order valence-corrected chi connectivity index (χ3v) is 4.66. The van der Waals surface area contributed by atoms with Gasteiger partial charge < -0.3 is 9.64 Å². The summed E-state index contributed by atoms with van der Waals surface area (Å²) >= 11 is 0. The first-order chi connectivity index (χ1) is 13.5. The zero-order chi connectivity index (χ0) is 20.1. The van der Waals surface area contributed by atoms with Crippen LogP contribution in [-0.4, -0.2) is 29.9 Å². The van der Waals surface area contributed by atoms with Crippen LogP contribution in [0.1, 0.15) is 25.0 Å². The molecule has 0 N–H and O–H groups in total. The molecule has 0 atom stereocenters. The van der Waals surface area contributed by atoms with Crippen LogP contribution in [0.2, 0.25) is 0 Å². The maximum absolute atomic E-state index is 14.1. The first-order valence-electron chi connectivity index (χ1n) is 9.23. The van der Waals surface area contributed by atoms with Crippen molar-refractivity contribution in [2.45, 2.75) is 20.3 Å². The van der Waals surface area contributed by atoms with Gasteiger partial charge in [0.05, 0.1) is 17.8 Å². The van der Waals surface area contributed by atoms with Crippen molar-refractivity contribution in [3.05, 3.63) is 88.4 Å². The minimum absolute atomic E-state index is 0.161. The SMILES string of the molecule is CCOC(=O)C1=C(C)N(CCc2ccccc2)C(=O)/C1=C\c1ccccc1F. The highest BCUT2D eigenvalue weighted by atomic mass is 19.1. The Morgan fingerprint density at radius 1 is 1.11 bits per heavy atom. The zero-order valence-electron chi connectivity index (χ0n) is 15.9. The number of amides is 1. The average Bonchev–Trinajstić information content (AvgIpc) is 2.92. The first-order valence-corrected chi connectivity index (χ1v) is 9.23. The maximum atomic E-state index is 14.1. The molecule has 0 fully saturated rings. The summed E-state index contributed by atoms with van der Waals surface area (Å²) in [5.74, 6) is -1.34. The number of esters is 1. The number of hydrogen-bond donors (Lipinski definition) is 0. The molecule has 144 valence electrons. The van der Waals surface area contributed by atoms with Crippen molar-refractivity contribution in [2.24, 2.45) is 0 Å². The van der Waals surface area contributed by atoms with Crippen molar-refractivity contribution in [2.75, 3.05) is 13.2 Å². The fourth-order valence-corrected chi connectivity index (χ4v) is 3.23. The van der Waals surface area contributed by atoms with Gasteiger partial charge in [0.2, 0.25) is 0 Å². The first kappa shape index (κ1) is 19.5. The van der Waals surface area contributed by atoms with Gasteiger partial charge in [-0.1, -0.05) is 48.5 Å². The zero-order valence-corrected chi connectivity index (χ0v) is 15.9. The Bertz CT molecular complexity index is 947. The van der Waals surface area contributed by atoms with Crippen LogP contribution in [0.25, 0.3) is 6.08 Å². The van der Waals surface area contributed by atoms with Crippen LogP contribution in [0.15, 0.2) is 71.4 Å². The third kappa shape index (κ3) is 4.03. The molecule has 0 aromatic heterocycles. The summed E-state index contributed by atoms with van der Waals surface area (Å²) < 4.78 is 19.3. The fraction of sp³-hybridized carbons (Fsp3) is 0.217. The lowest BCUT2D eigenvalue weighted by Gasteiger charge is -2.17. The van der Waals surface area contributed by atoms with Crippen LogP contribution in [0.3, 0.4) is 0 Å². The normalized spacial score (nSPS) is 15.5. The molecule has 0 unspecified atom stereocenters. The Labute approximate surface area is 163 Å². The summed E-state index contributed by atoms with van der Waals surface area (Å²) in [5, 5.41) is 0. The molecular weight excluding hydrogens is 357 g/mol. The quantitative estimate of drug-likeness (QED) is 0.560. The van der Waals surface area contributed by atoms with E-state index in [-0.39, 0.29) is 29.2 Å². The van der Waals surface area contributed by atoms with Gasteiger partial charge in [-0.3, -0.25) is 4.79 Å². The van der Waals surface area contributed by atoms with Crippen molar-refractivity contribution in [1.29, 1.82) is 0 Å². The molecule has 2 aromatic rings. The highest BCUT2D eigenvalue weighted by Crippen LogP contribution is 2.32. The van der Waals surface area contributed by atoms with Crippen molar-refractivity contribution >= 4 is 18.0 Å². The van der Waals surface area contributed by atoms with Crippen LogP contribution in [-0.2, 0) is 20.7 Å². The highest BCUT2D eigenvalue weighted by molar-refractivity contribution is 6.16. The van der Waals surface area contributed by atoms with Crippen molar-refractivity contribution in [3.8, 4) is 0 Å². The van der Waals surface area contributed by atoms with E-state index in [9.17, 15) is 14.0 Å². The molecule has 0 bridgehead atoms. The van der Waals surface area contributed by atoms with Gasteiger partial charge >= 0.3 is 5.97 Å². The number of nitrogens with zero attached hydrogens (tertiary/aromatic N) is 1. The molecule has 5 heteroatoms. The van der Waals surface area contributed by atoms with E-state index in [2.05, 4.69) is 0 Å². The number of halogens is 1. The fourth-order valence-electron chi connectivity index (χ4n) is 3.23. The monoisotopic (exact) mass is 379 g/mol. The Morgan fingerprint density at radius 3 is 2.46 bits per heavy atom. The van der Waals surface area contributed by atoms with Crippen LogP contribution in [0, 0.1) is 5.82 Å². The second-order valence-corrected chi connectivity index (χ2v) is 6.45. The van der Waals surface area contributed by atoms with Gasteiger partial charge in [0.1, 0.15) is 5.82 Å². The van der Waals surface area contributed by atoms with Gasteiger partial charge in [-0.2, -0.15) is 0 Å². The Hall–Kier alpha value is -3.21. The van der Waals surface area contributed by atoms with Gasteiger partial charge in [-0.05, 0) is 38.0 Å². The summed E-state index contributed by atoms with van der Waals surface area (Å²) in [6.45, 7) is 4.04. The number of hydrogen-bond acceptors (Lipinski definition) is 3. The van der Waals surface area contributed by atoms with Gasteiger partial charge in [-0.15, -0.1) is 0 Å². The summed E-state index contributed by atoms with van der Waals surface area (Å²) in [7, 11) is 0. The minimum Gasteiger partial charge on any atom is -0.462 e. The van der Waals surface area contributed by atoms with Gasteiger partial charge in [0.25, 0.3) is 5.91 Å². The maximum Gasteiger partial charge on any atom is 0.340 e. The molecule has 1 heterocycles. The Morgan fingerprint density at radius 2 is 1.79 bits per heavy atom. The highest BCUT2D eigenvalue weighted by Gasteiger charge is 2.37. The number of allylic oxidation sites excluding steroid dienone is 1. The molecule has 0 saturated heterocycles.